The van der Waals surface area contributed by atoms with Crippen LogP contribution in [0.4, 0.5) is 10.1 Å². The topological polar surface area (TPSA) is 63.4 Å². The maximum absolute atomic E-state index is 13.5. The minimum Gasteiger partial charge on any atom is -0.395 e. The Morgan fingerprint density at radius 2 is 1.95 bits per heavy atom. The third-order valence-electron chi connectivity index (χ3n) is 3.89. The molecule has 20 heavy (non-hydrogen) atoms. The predicted molar refractivity (Wildman–Crippen MR) is 77.3 cm³/mol. The Labute approximate surface area is 119 Å². The Balaban J connectivity index is 2.38. The number of nitrogens with two attached hydrogens (primary N) is 1. The van der Waals surface area contributed by atoms with Crippen molar-refractivity contribution in [3.8, 4) is 0 Å². The number of sulfonamides is 1. The van der Waals surface area contributed by atoms with Gasteiger partial charge in [0.1, 0.15) is 10.7 Å². The minimum absolute atomic E-state index is 0.00131. The molecule has 0 radical (unpaired) electrons. The number of halogens is 1. The molecule has 6 heteroatoms. The van der Waals surface area contributed by atoms with Crippen LogP contribution >= 0.6 is 0 Å². The molecule has 1 fully saturated rings. The minimum atomic E-state index is -3.74. The molecule has 1 aliphatic rings. The zero-order valence-corrected chi connectivity index (χ0v) is 12.5. The normalized spacial score (nSPS) is 17.6. The molecule has 2 N–H and O–H groups in total. The maximum atomic E-state index is 13.5. The van der Waals surface area contributed by atoms with Crippen molar-refractivity contribution in [3.63, 3.8) is 0 Å². The highest BCUT2D eigenvalue weighted by molar-refractivity contribution is 7.89. The van der Waals surface area contributed by atoms with E-state index in [-0.39, 0.29) is 16.6 Å². The van der Waals surface area contributed by atoms with Gasteiger partial charge in [-0.25, -0.2) is 12.8 Å². The van der Waals surface area contributed by atoms with Crippen molar-refractivity contribution < 1.29 is 12.8 Å². The Bertz CT molecular complexity index is 569. The Hall–Kier alpha value is -1.14. The van der Waals surface area contributed by atoms with Crippen molar-refractivity contribution in [2.75, 3.05) is 12.3 Å². The van der Waals surface area contributed by atoms with E-state index in [1.54, 1.807) is 0 Å². The van der Waals surface area contributed by atoms with Crippen molar-refractivity contribution in [2.45, 2.75) is 50.0 Å². The van der Waals surface area contributed by atoms with Gasteiger partial charge in [-0.05, 0) is 25.0 Å². The molecule has 2 rings (SSSR count). The van der Waals surface area contributed by atoms with E-state index in [0.29, 0.717) is 6.54 Å². The third kappa shape index (κ3) is 2.81. The molecule has 1 aromatic carbocycles. The van der Waals surface area contributed by atoms with E-state index in [9.17, 15) is 12.8 Å². The lowest BCUT2D eigenvalue weighted by atomic mass is 9.95. The van der Waals surface area contributed by atoms with Gasteiger partial charge in [-0.1, -0.05) is 32.3 Å². The molecule has 1 saturated carbocycles. The first kappa shape index (κ1) is 15.3. The summed E-state index contributed by atoms with van der Waals surface area (Å²) in [5, 5.41) is 0. The average molecular weight is 300 g/mol. The molecule has 0 spiro atoms. The van der Waals surface area contributed by atoms with Gasteiger partial charge in [-0.15, -0.1) is 0 Å². The summed E-state index contributed by atoms with van der Waals surface area (Å²) >= 11 is 0. The molecule has 1 aliphatic carbocycles. The monoisotopic (exact) mass is 300 g/mol. The van der Waals surface area contributed by atoms with Crippen LogP contribution in [-0.4, -0.2) is 25.3 Å². The first-order chi connectivity index (χ1) is 9.48. The van der Waals surface area contributed by atoms with Gasteiger partial charge in [0.25, 0.3) is 0 Å². The Morgan fingerprint density at radius 1 is 1.30 bits per heavy atom. The van der Waals surface area contributed by atoms with Crippen molar-refractivity contribution in [3.05, 3.63) is 24.0 Å². The molecular weight excluding hydrogens is 279 g/mol. The molecule has 1 aromatic rings. The fourth-order valence-electron chi connectivity index (χ4n) is 2.86. The van der Waals surface area contributed by atoms with Gasteiger partial charge in [-0.3, -0.25) is 0 Å². The van der Waals surface area contributed by atoms with Crippen molar-refractivity contribution in [1.29, 1.82) is 0 Å². The molecule has 0 aromatic heterocycles. The lowest BCUT2D eigenvalue weighted by molar-refractivity contribution is 0.261. The number of rotatable bonds is 4. The summed E-state index contributed by atoms with van der Waals surface area (Å²) in [7, 11) is -3.74. The molecule has 4 nitrogen and oxygen atoms in total. The predicted octanol–water partition coefficient (Wildman–Crippen LogP) is 2.75. The number of nitrogen functional groups attached to an aromatic ring is 1. The van der Waals surface area contributed by atoms with E-state index >= 15 is 0 Å². The smallest absolute Gasteiger partial charge is 0.245 e. The fourth-order valence-corrected chi connectivity index (χ4v) is 4.68. The second-order valence-electron chi connectivity index (χ2n) is 5.15. The van der Waals surface area contributed by atoms with Gasteiger partial charge in [-0.2, -0.15) is 4.31 Å². The second kappa shape index (κ2) is 6.10. The SMILES string of the molecule is CCN(C1CCCCC1)S(=O)(=O)c1cccc(F)c1N. The summed E-state index contributed by atoms with van der Waals surface area (Å²) in [6.07, 6.45) is 4.95. The van der Waals surface area contributed by atoms with Crippen LogP contribution in [0.1, 0.15) is 39.0 Å². The number of hydrogen-bond donors (Lipinski definition) is 1. The van der Waals surface area contributed by atoms with Gasteiger partial charge in [0.2, 0.25) is 10.0 Å². The number of anilines is 1. The molecule has 0 unspecified atom stereocenters. The molecule has 0 amide bonds. The van der Waals surface area contributed by atoms with Gasteiger partial charge in [0.05, 0.1) is 5.69 Å². The standard InChI is InChI=1S/C14H21FN2O2S/c1-2-17(11-7-4-3-5-8-11)20(18,19)13-10-6-9-12(15)14(13)16/h6,9-11H,2-5,7-8,16H2,1H3. The van der Waals surface area contributed by atoms with Crippen LogP contribution < -0.4 is 5.73 Å². The second-order valence-corrected chi connectivity index (χ2v) is 7.01. The van der Waals surface area contributed by atoms with E-state index in [2.05, 4.69) is 0 Å². The summed E-state index contributed by atoms with van der Waals surface area (Å²) in [6, 6.07) is 3.93. The largest absolute Gasteiger partial charge is 0.395 e. The van der Waals surface area contributed by atoms with Crippen LogP contribution in [0.2, 0.25) is 0 Å². The third-order valence-corrected chi connectivity index (χ3v) is 5.98. The van der Waals surface area contributed by atoms with Crippen molar-refractivity contribution >= 4 is 15.7 Å². The number of benzene rings is 1. The van der Waals surface area contributed by atoms with Crippen LogP contribution in [0, 0.1) is 5.82 Å². The number of nitrogens with zero attached hydrogens (tertiary/aromatic N) is 1. The molecule has 112 valence electrons. The lowest BCUT2D eigenvalue weighted by Crippen LogP contribution is -2.41. The summed E-state index contributed by atoms with van der Waals surface area (Å²) < 4.78 is 40.4. The lowest BCUT2D eigenvalue weighted by Gasteiger charge is -2.32. The van der Waals surface area contributed by atoms with Crippen LogP contribution in [0.25, 0.3) is 0 Å². The Morgan fingerprint density at radius 3 is 2.55 bits per heavy atom. The van der Waals surface area contributed by atoms with E-state index in [0.717, 1.165) is 32.1 Å². The van der Waals surface area contributed by atoms with Crippen LogP contribution in [0.3, 0.4) is 0 Å². The van der Waals surface area contributed by atoms with Crippen LogP contribution in [0.15, 0.2) is 23.1 Å². The first-order valence-corrected chi connectivity index (χ1v) is 8.48. The van der Waals surface area contributed by atoms with E-state index in [1.807, 2.05) is 6.92 Å². The van der Waals surface area contributed by atoms with Crippen molar-refractivity contribution in [2.24, 2.45) is 0 Å². The molecular formula is C14H21FN2O2S. The molecule has 0 saturated heterocycles. The molecule has 0 heterocycles. The summed E-state index contributed by atoms with van der Waals surface area (Å²) in [6.45, 7) is 2.19. The highest BCUT2D eigenvalue weighted by Crippen LogP contribution is 2.30. The highest BCUT2D eigenvalue weighted by Gasteiger charge is 2.32. The zero-order valence-electron chi connectivity index (χ0n) is 11.7. The molecule has 0 aliphatic heterocycles. The van der Waals surface area contributed by atoms with Crippen molar-refractivity contribution in [1.82, 2.24) is 4.31 Å². The first-order valence-electron chi connectivity index (χ1n) is 7.04. The highest BCUT2D eigenvalue weighted by atomic mass is 32.2. The fraction of sp³-hybridized carbons (Fsp3) is 0.571. The van der Waals surface area contributed by atoms with E-state index in [4.69, 9.17) is 5.73 Å². The van der Waals surface area contributed by atoms with Gasteiger partial charge >= 0.3 is 0 Å². The number of para-hydroxylation sites is 1. The Kier molecular flexibility index (Phi) is 4.65. The zero-order chi connectivity index (χ0) is 14.8. The molecule has 0 atom stereocenters. The average Bonchev–Trinajstić information content (AvgIpc) is 2.43. The number of hydrogen-bond acceptors (Lipinski definition) is 3. The van der Waals surface area contributed by atoms with E-state index < -0.39 is 15.8 Å². The summed E-state index contributed by atoms with van der Waals surface area (Å²) in [5.41, 5.74) is 5.32. The maximum Gasteiger partial charge on any atom is 0.245 e. The molecule has 0 bridgehead atoms. The van der Waals surface area contributed by atoms with E-state index in [1.165, 1.54) is 22.5 Å². The van der Waals surface area contributed by atoms with Crippen LogP contribution in [0.5, 0.6) is 0 Å². The summed E-state index contributed by atoms with van der Waals surface area (Å²) in [4.78, 5) is -0.120. The van der Waals surface area contributed by atoms with Crippen LogP contribution in [-0.2, 0) is 10.0 Å². The van der Waals surface area contributed by atoms with Gasteiger partial charge in [0, 0.05) is 12.6 Å². The van der Waals surface area contributed by atoms with Gasteiger partial charge in [0.15, 0.2) is 0 Å². The summed E-state index contributed by atoms with van der Waals surface area (Å²) in [5.74, 6) is -0.689. The quantitative estimate of drug-likeness (QED) is 0.870. The van der Waals surface area contributed by atoms with Gasteiger partial charge < -0.3 is 5.73 Å².